The first-order chi connectivity index (χ1) is 9.99. The Bertz CT molecular complexity index is 658. The van der Waals surface area contributed by atoms with Gasteiger partial charge in [0.25, 0.3) is 0 Å². The number of rotatable bonds is 6. The minimum atomic E-state index is -0.822. The van der Waals surface area contributed by atoms with E-state index in [-0.39, 0.29) is 6.42 Å². The van der Waals surface area contributed by atoms with Crippen molar-refractivity contribution in [1.82, 2.24) is 4.98 Å². The third-order valence-corrected chi connectivity index (χ3v) is 5.75. The predicted molar refractivity (Wildman–Crippen MR) is 88.4 cm³/mol. The van der Waals surface area contributed by atoms with Crippen LogP contribution in [-0.2, 0) is 17.0 Å². The van der Waals surface area contributed by atoms with Crippen LogP contribution >= 0.6 is 39.0 Å². The summed E-state index contributed by atoms with van der Waals surface area (Å²) in [5.41, 5.74) is 1.96. The summed E-state index contributed by atoms with van der Waals surface area (Å²) in [6.07, 6.45) is 0.0398. The van der Waals surface area contributed by atoms with Crippen LogP contribution in [0, 0.1) is 6.92 Å². The average molecular weight is 388 g/mol. The molecule has 21 heavy (non-hydrogen) atoms. The van der Waals surface area contributed by atoms with Crippen LogP contribution in [-0.4, -0.2) is 23.2 Å². The molecule has 1 aromatic heterocycles. The third kappa shape index (κ3) is 4.46. The van der Waals surface area contributed by atoms with Gasteiger partial charge in [-0.1, -0.05) is 17.8 Å². The molecule has 0 fully saturated rings. The summed E-state index contributed by atoms with van der Waals surface area (Å²) in [6.45, 7) is 1.85. The molecule has 112 valence electrons. The van der Waals surface area contributed by atoms with Crippen LogP contribution < -0.4 is 4.74 Å². The quantitative estimate of drug-likeness (QED) is 0.754. The van der Waals surface area contributed by atoms with E-state index < -0.39 is 5.97 Å². The van der Waals surface area contributed by atoms with E-state index >= 15 is 0 Å². The van der Waals surface area contributed by atoms with E-state index in [0.29, 0.717) is 0 Å². The monoisotopic (exact) mass is 387 g/mol. The molecule has 0 saturated carbocycles. The van der Waals surface area contributed by atoms with Gasteiger partial charge in [-0.25, -0.2) is 4.98 Å². The number of ether oxygens (including phenoxy) is 1. The molecule has 0 atom stereocenters. The van der Waals surface area contributed by atoms with Crippen molar-refractivity contribution < 1.29 is 14.6 Å². The molecule has 2 rings (SSSR count). The number of aryl methyl sites for hydroxylation is 1. The normalized spacial score (nSPS) is 10.6. The first-order valence-electron chi connectivity index (χ1n) is 6.13. The fourth-order valence-corrected chi connectivity index (χ4v) is 4.47. The van der Waals surface area contributed by atoms with Gasteiger partial charge in [-0.05, 0) is 40.5 Å². The van der Waals surface area contributed by atoms with Gasteiger partial charge in [0.15, 0.2) is 4.34 Å². The Morgan fingerprint density at radius 3 is 2.90 bits per heavy atom. The summed E-state index contributed by atoms with van der Waals surface area (Å²) in [5.74, 6) is 0.761. The molecule has 0 radical (unpaired) electrons. The van der Waals surface area contributed by atoms with Crippen molar-refractivity contribution >= 4 is 45.0 Å². The highest BCUT2D eigenvalue weighted by Gasteiger charge is 2.11. The number of carbonyl (C=O) groups is 1. The summed E-state index contributed by atoms with van der Waals surface area (Å²) >= 11 is 6.53. The second-order valence-electron chi connectivity index (χ2n) is 4.32. The van der Waals surface area contributed by atoms with Gasteiger partial charge in [0, 0.05) is 10.6 Å². The lowest BCUT2D eigenvalue weighted by Gasteiger charge is -2.05. The largest absolute Gasteiger partial charge is 0.496 e. The number of carboxylic acid groups (broad SMARTS) is 1. The lowest BCUT2D eigenvalue weighted by Crippen LogP contribution is -1.99. The Balaban J connectivity index is 2.03. The van der Waals surface area contributed by atoms with Gasteiger partial charge in [-0.2, -0.15) is 0 Å². The number of aromatic nitrogens is 1. The van der Waals surface area contributed by atoms with Crippen LogP contribution in [0.25, 0.3) is 0 Å². The molecule has 1 heterocycles. The Labute approximate surface area is 139 Å². The highest BCUT2D eigenvalue weighted by atomic mass is 79.9. The number of hydrogen-bond donors (Lipinski definition) is 1. The fraction of sp³-hybridized carbons (Fsp3) is 0.286. The van der Waals surface area contributed by atoms with Crippen molar-refractivity contribution in [1.29, 1.82) is 0 Å². The molecule has 0 saturated heterocycles. The van der Waals surface area contributed by atoms with Crippen LogP contribution in [0.1, 0.15) is 16.1 Å². The van der Waals surface area contributed by atoms with Gasteiger partial charge in [0.05, 0.1) is 23.7 Å². The number of methoxy groups -OCH3 is 1. The average Bonchev–Trinajstić information content (AvgIpc) is 2.76. The molecule has 0 unspecified atom stereocenters. The van der Waals surface area contributed by atoms with Crippen LogP contribution in [0.15, 0.2) is 27.0 Å². The van der Waals surface area contributed by atoms with Crippen molar-refractivity contribution in [2.75, 3.05) is 7.11 Å². The zero-order chi connectivity index (χ0) is 15.4. The summed E-state index contributed by atoms with van der Waals surface area (Å²) in [5, 5.41) is 8.84. The molecule has 0 amide bonds. The SMILES string of the molecule is COc1ccc(CSc2nc(C)c(CC(=O)O)s2)cc1Br. The van der Waals surface area contributed by atoms with Gasteiger partial charge in [0.2, 0.25) is 0 Å². The number of aliphatic carboxylic acids is 1. The maximum absolute atomic E-state index is 10.8. The van der Waals surface area contributed by atoms with Gasteiger partial charge in [-0.3, -0.25) is 4.79 Å². The van der Waals surface area contributed by atoms with E-state index in [4.69, 9.17) is 9.84 Å². The lowest BCUT2D eigenvalue weighted by atomic mass is 10.2. The maximum atomic E-state index is 10.8. The molecular weight excluding hydrogens is 374 g/mol. The predicted octanol–water partition coefficient (Wildman–Crippen LogP) is 4.14. The molecule has 0 spiro atoms. The minimum Gasteiger partial charge on any atom is -0.496 e. The zero-order valence-electron chi connectivity index (χ0n) is 11.6. The van der Waals surface area contributed by atoms with E-state index in [9.17, 15) is 4.79 Å². The van der Waals surface area contributed by atoms with E-state index in [2.05, 4.69) is 20.9 Å². The number of nitrogens with zero attached hydrogens (tertiary/aromatic N) is 1. The van der Waals surface area contributed by atoms with E-state index in [1.165, 1.54) is 11.3 Å². The summed E-state index contributed by atoms with van der Waals surface area (Å²) in [6, 6.07) is 5.95. The van der Waals surface area contributed by atoms with Crippen LogP contribution in [0.3, 0.4) is 0 Å². The van der Waals surface area contributed by atoms with Crippen LogP contribution in [0.2, 0.25) is 0 Å². The highest BCUT2D eigenvalue weighted by molar-refractivity contribution is 9.10. The Hall–Kier alpha value is -1.05. The van der Waals surface area contributed by atoms with Crippen molar-refractivity contribution in [3.63, 3.8) is 0 Å². The lowest BCUT2D eigenvalue weighted by molar-refractivity contribution is -0.136. The van der Waals surface area contributed by atoms with E-state index in [1.54, 1.807) is 18.9 Å². The number of thioether (sulfide) groups is 1. The molecule has 0 aliphatic carbocycles. The topological polar surface area (TPSA) is 59.4 Å². The first-order valence-corrected chi connectivity index (χ1v) is 8.72. The number of hydrogen-bond acceptors (Lipinski definition) is 5. The Kier molecular flexibility index (Phi) is 5.66. The molecule has 0 bridgehead atoms. The molecule has 7 heteroatoms. The number of halogens is 1. The highest BCUT2D eigenvalue weighted by Crippen LogP contribution is 2.32. The molecule has 1 N–H and O–H groups in total. The number of thiazole rings is 1. The molecule has 1 aromatic carbocycles. The number of carboxylic acids is 1. The second kappa shape index (κ2) is 7.29. The Morgan fingerprint density at radius 2 is 2.29 bits per heavy atom. The van der Waals surface area contributed by atoms with Gasteiger partial charge >= 0.3 is 5.97 Å². The van der Waals surface area contributed by atoms with Crippen LogP contribution in [0.5, 0.6) is 5.75 Å². The third-order valence-electron chi connectivity index (χ3n) is 2.76. The minimum absolute atomic E-state index is 0.0398. The van der Waals surface area contributed by atoms with Crippen LogP contribution in [0.4, 0.5) is 0 Å². The van der Waals surface area contributed by atoms with Gasteiger partial charge < -0.3 is 9.84 Å². The summed E-state index contributed by atoms with van der Waals surface area (Å²) in [4.78, 5) is 16.0. The van der Waals surface area contributed by atoms with Crippen molar-refractivity contribution in [2.24, 2.45) is 0 Å². The second-order valence-corrected chi connectivity index (χ2v) is 7.48. The summed E-state index contributed by atoms with van der Waals surface area (Å²) < 4.78 is 7.02. The standard InChI is InChI=1S/C14H14BrNO3S2/c1-8-12(6-13(17)18)21-14(16-8)20-7-9-3-4-11(19-2)10(15)5-9/h3-5H,6-7H2,1-2H3,(H,17,18). The Morgan fingerprint density at radius 1 is 1.52 bits per heavy atom. The number of benzene rings is 1. The van der Waals surface area contributed by atoms with E-state index in [0.717, 1.165) is 36.4 Å². The van der Waals surface area contributed by atoms with Gasteiger partial charge in [-0.15, -0.1) is 11.3 Å². The van der Waals surface area contributed by atoms with E-state index in [1.807, 2.05) is 25.1 Å². The molecule has 0 aliphatic heterocycles. The summed E-state index contributed by atoms with van der Waals surface area (Å²) in [7, 11) is 1.64. The molecule has 0 aliphatic rings. The van der Waals surface area contributed by atoms with Crippen molar-refractivity contribution in [3.8, 4) is 5.75 Å². The van der Waals surface area contributed by atoms with Crippen molar-refractivity contribution in [3.05, 3.63) is 38.8 Å². The first kappa shape index (κ1) is 16.3. The van der Waals surface area contributed by atoms with Gasteiger partial charge in [0.1, 0.15) is 5.75 Å². The smallest absolute Gasteiger partial charge is 0.308 e. The maximum Gasteiger partial charge on any atom is 0.308 e. The van der Waals surface area contributed by atoms with Crippen molar-refractivity contribution in [2.45, 2.75) is 23.4 Å². The fourth-order valence-electron chi connectivity index (χ4n) is 1.71. The molecule has 4 nitrogen and oxygen atoms in total. The molecular formula is C14H14BrNO3S2. The zero-order valence-corrected chi connectivity index (χ0v) is 14.8. The molecule has 2 aromatic rings.